The van der Waals surface area contributed by atoms with Gasteiger partial charge in [-0.05, 0) is 46.5 Å². The van der Waals surface area contributed by atoms with Crippen molar-refractivity contribution >= 4 is 12.0 Å². The van der Waals surface area contributed by atoms with Gasteiger partial charge < -0.3 is 24.0 Å². The van der Waals surface area contributed by atoms with Gasteiger partial charge in [-0.15, -0.1) is 0 Å². The first-order valence-corrected chi connectivity index (χ1v) is 10.0. The Kier molecular flexibility index (Phi) is 5.73. The van der Waals surface area contributed by atoms with Gasteiger partial charge in [-0.25, -0.2) is 4.79 Å². The van der Waals surface area contributed by atoms with E-state index in [4.69, 9.17) is 14.2 Å². The Morgan fingerprint density at radius 1 is 1.15 bits per heavy atom. The van der Waals surface area contributed by atoms with Gasteiger partial charge in [0.2, 0.25) is 5.91 Å². The van der Waals surface area contributed by atoms with E-state index in [1.165, 1.54) is 0 Å². The van der Waals surface area contributed by atoms with Crippen LogP contribution >= 0.6 is 0 Å². The summed E-state index contributed by atoms with van der Waals surface area (Å²) in [6, 6.07) is 0.349. The lowest BCUT2D eigenvalue weighted by Gasteiger charge is -2.49. The number of ether oxygens (including phenoxy) is 3. The molecule has 0 aromatic rings. The molecule has 1 saturated carbocycles. The molecule has 0 aromatic heterocycles. The first-order valence-electron chi connectivity index (χ1n) is 10.0. The number of piperidine rings is 1. The van der Waals surface area contributed by atoms with Crippen molar-refractivity contribution in [1.29, 1.82) is 0 Å². The molecule has 0 radical (unpaired) electrons. The molecule has 0 N–H and O–H groups in total. The highest BCUT2D eigenvalue weighted by molar-refractivity contribution is 5.79. The van der Waals surface area contributed by atoms with Crippen LogP contribution in [0, 0.1) is 5.41 Å². The van der Waals surface area contributed by atoms with Crippen molar-refractivity contribution < 1.29 is 23.8 Å². The summed E-state index contributed by atoms with van der Waals surface area (Å²) >= 11 is 0. The van der Waals surface area contributed by atoms with E-state index < -0.39 is 5.60 Å². The van der Waals surface area contributed by atoms with E-state index in [1.807, 2.05) is 30.6 Å². The SMILES string of the molecule is COCCOCC(=O)N1[C@@H]2CN(C(=O)OC(C)(C)C)[C@@H]3CCC[C@H]1[C@]3(C)C2. The lowest BCUT2D eigenvalue weighted by Crippen LogP contribution is -2.58. The molecule has 7 nitrogen and oxygen atoms in total. The van der Waals surface area contributed by atoms with Gasteiger partial charge in [0.1, 0.15) is 12.2 Å². The van der Waals surface area contributed by atoms with Gasteiger partial charge in [0.25, 0.3) is 0 Å². The fourth-order valence-electron chi connectivity index (χ4n) is 5.27. The molecule has 3 rings (SSSR count). The van der Waals surface area contributed by atoms with Crippen LogP contribution in [0.1, 0.15) is 53.4 Å². The van der Waals surface area contributed by atoms with Crippen LogP contribution in [0.15, 0.2) is 0 Å². The van der Waals surface area contributed by atoms with Crippen LogP contribution in [-0.2, 0) is 19.0 Å². The summed E-state index contributed by atoms with van der Waals surface area (Å²) in [6.07, 6.45) is 3.69. The zero-order chi connectivity index (χ0) is 19.8. The van der Waals surface area contributed by atoms with Gasteiger partial charge in [-0.1, -0.05) is 6.92 Å². The number of carbonyl (C=O) groups is 2. The van der Waals surface area contributed by atoms with Crippen molar-refractivity contribution in [3.63, 3.8) is 0 Å². The van der Waals surface area contributed by atoms with Crippen molar-refractivity contribution in [2.45, 2.75) is 77.1 Å². The summed E-state index contributed by atoms with van der Waals surface area (Å²) in [4.78, 5) is 29.7. The summed E-state index contributed by atoms with van der Waals surface area (Å²) in [7, 11) is 1.61. The Morgan fingerprint density at radius 2 is 1.85 bits per heavy atom. The van der Waals surface area contributed by atoms with Crippen LogP contribution in [0.25, 0.3) is 0 Å². The summed E-state index contributed by atoms with van der Waals surface area (Å²) < 4.78 is 16.1. The fourth-order valence-corrected chi connectivity index (χ4v) is 5.27. The van der Waals surface area contributed by atoms with Crippen LogP contribution in [0.4, 0.5) is 4.79 Å². The van der Waals surface area contributed by atoms with Crippen molar-refractivity contribution in [3.8, 4) is 0 Å². The molecule has 4 atom stereocenters. The standard InChI is InChI=1S/C20H34N2O5/c1-19(2,3)27-18(24)21-12-14-11-20(4)15(21)7-6-8-16(20)22(14)17(23)13-26-10-9-25-5/h14-16H,6-13H2,1-5H3/t14-,15+,16-,20+/m0/s1. The van der Waals surface area contributed by atoms with Crippen LogP contribution in [0.2, 0.25) is 0 Å². The maximum Gasteiger partial charge on any atom is 0.410 e. The minimum atomic E-state index is -0.521. The van der Waals surface area contributed by atoms with Gasteiger partial charge in [0.15, 0.2) is 0 Å². The maximum atomic E-state index is 12.9. The number of carbonyl (C=O) groups excluding carboxylic acids is 2. The Morgan fingerprint density at radius 3 is 2.52 bits per heavy atom. The van der Waals surface area contributed by atoms with E-state index in [0.717, 1.165) is 25.7 Å². The summed E-state index contributed by atoms with van der Waals surface area (Å²) in [5.41, 5.74) is -0.590. The van der Waals surface area contributed by atoms with Crippen molar-refractivity contribution in [3.05, 3.63) is 0 Å². The molecular formula is C20H34N2O5. The van der Waals surface area contributed by atoms with E-state index in [0.29, 0.717) is 19.8 Å². The van der Waals surface area contributed by atoms with E-state index in [-0.39, 0.29) is 42.1 Å². The zero-order valence-corrected chi connectivity index (χ0v) is 17.3. The summed E-state index contributed by atoms with van der Waals surface area (Å²) in [6.45, 7) is 9.43. The molecule has 2 bridgehead atoms. The molecule has 2 aliphatic heterocycles. The van der Waals surface area contributed by atoms with Gasteiger partial charge in [0.05, 0.1) is 19.3 Å². The number of hydrogen-bond donors (Lipinski definition) is 0. The quantitative estimate of drug-likeness (QED) is 0.683. The monoisotopic (exact) mass is 382 g/mol. The average Bonchev–Trinajstić information content (AvgIpc) is 2.86. The minimum absolute atomic E-state index is 0.0246. The van der Waals surface area contributed by atoms with Crippen molar-refractivity contribution in [1.82, 2.24) is 9.80 Å². The Labute approximate surface area is 162 Å². The summed E-state index contributed by atoms with van der Waals surface area (Å²) in [5.74, 6) is 0.0246. The van der Waals surface area contributed by atoms with Gasteiger partial charge in [-0.2, -0.15) is 0 Å². The first-order chi connectivity index (χ1) is 12.7. The third kappa shape index (κ3) is 3.94. The lowest BCUT2D eigenvalue weighted by molar-refractivity contribution is -0.140. The first kappa shape index (κ1) is 20.4. The molecule has 154 valence electrons. The second kappa shape index (κ2) is 7.59. The molecule has 0 unspecified atom stereocenters. The molecular weight excluding hydrogens is 348 g/mol. The second-order valence-corrected chi connectivity index (χ2v) is 9.31. The zero-order valence-electron chi connectivity index (χ0n) is 17.3. The molecule has 0 aromatic carbocycles. The molecule has 27 heavy (non-hydrogen) atoms. The second-order valence-electron chi connectivity index (χ2n) is 9.31. The normalized spacial score (nSPS) is 32.6. The van der Waals surface area contributed by atoms with E-state index in [1.54, 1.807) is 7.11 Å². The van der Waals surface area contributed by atoms with Gasteiger partial charge in [-0.3, -0.25) is 4.79 Å². The van der Waals surface area contributed by atoms with Crippen molar-refractivity contribution in [2.24, 2.45) is 5.41 Å². The number of amides is 2. The van der Waals surface area contributed by atoms with Gasteiger partial charge in [0, 0.05) is 31.2 Å². The van der Waals surface area contributed by atoms with Gasteiger partial charge >= 0.3 is 6.09 Å². The highest BCUT2D eigenvalue weighted by Gasteiger charge is 2.61. The highest BCUT2D eigenvalue weighted by atomic mass is 16.6. The number of nitrogens with zero attached hydrogens (tertiary/aromatic N) is 2. The lowest BCUT2D eigenvalue weighted by atomic mass is 9.66. The third-order valence-electron chi connectivity index (χ3n) is 6.24. The molecule has 2 saturated heterocycles. The maximum absolute atomic E-state index is 12.9. The van der Waals surface area contributed by atoms with Crippen LogP contribution in [0.5, 0.6) is 0 Å². The molecule has 2 amide bonds. The third-order valence-corrected chi connectivity index (χ3v) is 6.24. The molecule has 3 aliphatic rings. The minimum Gasteiger partial charge on any atom is -0.444 e. The number of likely N-dealkylation sites (tertiary alicyclic amines) is 2. The van der Waals surface area contributed by atoms with Crippen LogP contribution in [-0.4, -0.2) is 79.0 Å². The fraction of sp³-hybridized carbons (Fsp3) is 0.900. The Hall–Kier alpha value is -1.34. The molecule has 3 fully saturated rings. The van der Waals surface area contributed by atoms with Crippen LogP contribution in [0.3, 0.4) is 0 Å². The highest BCUT2D eigenvalue weighted by Crippen LogP contribution is 2.54. The predicted octanol–water partition coefficient (Wildman–Crippen LogP) is 2.43. The van der Waals surface area contributed by atoms with E-state index in [9.17, 15) is 9.59 Å². The average molecular weight is 383 g/mol. The largest absolute Gasteiger partial charge is 0.444 e. The number of rotatable bonds is 5. The molecule has 0 spiro atoms. The van der Waals surface area contributed by atoms with E-state index >= 15 is 0 Å². The van der Waals surface area contributed by atoms with Crippen molar-refractivity contribution in [2.75, 3.05) is 33.5 Å². The number of fused-ring (bicyclic) bond motifs is 1. The number of hydrogen-bond acceptors (Lipinski definition) is 5. The van der Waals surface area contributed by atoms with Crippen LogP contribution < -0.4 is 0 Å². The summed E-state index contributed by atoms with van der Waals surface area (Å²) in [5, 5.41) is 0. The Balaban J connectivity index is 1.76. The molecule has 2 heterocycles. The van der Waals surface area contributed by atoms with E-state index in [2.05, 4.69) is 6.92 Å². The molecule has 7 heteroatoms. The topological polar surface area (TPSA) is 68.3 Å². The predicted molar refractivity (Wildman–Crippen MR) is 100 cm³/mol. The number of methoxy groups -OCH3 is 1. The Bertz CT molecular complexity index is 575. The molecule has 1 aliphatic carbocycles. The smallest absolute Gasteiger partial charge is 0.410 e.